The molecule has 1 aliphatic rings. The first-order valence-corrected chi connectivity index (χ1v) is 7.92. The molecule has 108 valence electrons. The van der Waals surface area contributed by atoms with E-state index in [0.29, 0.717) is 0 Å². The summed E-state index contributed by atoms with van der Waals surface area (Å²) in [6, 6.07) is 6.77. The van der Waals surface area contributed by atoms with Crippen molar-refractivity contribution >= 4 is 10.9 Å². The van der Waals surface area contributed by atoms with Crippen LogP contribution in [0.5, 0.6) is 0 Å². The lowest BCUT2D eigenvalue weighted by atomic mass is 9.77. The van der Waals surface area contributed by atoms with Gasteiger partial charge in [-0.05, 0) is 37.3 Å². The Morgan fingerprint density at radius 1 is 1.25 bits per heavy atom. The number of fused-ring (bicyclic) bond motifs is 1. The van der Waals surface area contributed by atoms with E-state index in [4.69, 9.17) is 5.73 Å². The predicted octanol–water partition coefficient (Wildman–Crippen LogP) is 3.82. The fourth-order valence-corrected chi connectivity index (χ4v) is 4.28. The van der Waals surface area contributed by atoms with Crippen LogP contribution in [0.25, 0.3) is 10.9 Å². The summed E-state index contributed by atoms with van der Waals surface area (Å²) in [5, 5.41) is 1.44. The summed E-state index contributed by atoms with van der Waals surface area (Å²) in [6.45, 7) is 5.29. The van der Waals surface area contributed by atoms with E-state index in [2.05, 4.69) is 43.7 Å². The fourth-order valence-electron chi connectivity index (χ4n) is 4.28. The van der Waals surface area contributed by atoms with E-state index in [0.717, 1.165) is 13.0 Å². The molecule has 2 heteroatoms. The molecule has 2 N–H and O–H groups in total. The molecule has 3 rings (SSSR count). The lowest BCUT2D eigenvalue weighted by molar-refractivity contribution is 0.453. The number of hydrogen-bond acceptors (Lipinski definition) is 1. The van der Waals surface area contributed by atoms with E-state index in [1.807, 2.05) is 0 Å². The Bertz CT molecular complexity index is 630. The number of aryl methyl sites for hydroxylation is 2. The minimum atomic E-state index is 0.218. The lowest BCUT2D eigenvalue weighted by Gasteiger charge is -2.28. The minimum absolute atomic E-state index is 0.218. The number of para-hydroxylation sites is 1. The lowest BCUT2D eigenvalue weighted by Crippen LogP contribution is -2.32. The van der Waals surface area contributed by atoms with Crippen LogP contribution in [0.2, 0.25) is 0 Å². The largest absolute Gasteiger partial charge is 0.347 e. The molecule has 0 saturated heterocycles. The Labute approximate surface area is 122 Å². The van der Waals surface area contributed by atoms with E-state index in [1.165, 1.54) is 53.4 Å². The first-order chi connectivity index (χ1) is 9.64. The minimum Gasteiger partial charge on any atom is -0.347 e. The third-order valence-corrected chi connectivity index (χ3v) is 5.45. The summed E-state index contributed by atoms with van der Waals surface area (Å²) < 4.78 is 2.39. The van der Waals surface area contributed by atoms with Gasteiger partial charge in [-0.25, -0.2) is 0 Å². The smallest absolute Gasteiger partial charge is 0.0515 e. The molecular weight excluding hydrogens is 244 g/mol. The van der Waals surface area contributed by atoms with Crippen LogP contribution in [0.4, 0.5) is 0 Å². The monoisotopic (exact) mass is 270 g/mol. The molecule has 0 radical (unpaired) electrons. The maximum absolute atomic E-state index is 6.23. The molecule has 1 fully saturated rings. The average Bonchev–Trinajstić information content (AvgIpc) is 3.04. The molecule has 1 aromatic carbocycles. The van der Waals surface area contributed by atoms with Crippen LogP contribution in [0.15, 0.2) is 18.2 Å². The Morgan fingerprint density at radius 2 is 1.95 bits per heavy atom. The molecule has 0 bridgehead atoms. The van der Waals surface area contributed by atoms with Crippen molar-refractivity contribution in [2.24, 2.45) is 12.8 Å². The van der Waals surface area contributed by atoms with Crippen molar-refractivity contribution in [2.75, 3.05) is 6.54 Å². The van der Waals surface area contributed by atoms with Gasteiger partial charge >= 0.3 is 0 Å². The van der Waals surface area contributed by atoms with E-state index in [-0.39, 0.29) is 5.41 Å². The third kappa shape index (κ3) is 1.74. The molecule has 1 aromatic heterocycles. The van der Waals surface area contributed by atoms with Crippen LogP contribution in [-0.2, 0) is 18.9 Å². The van der Waals surface area contributed by atoms with Gasteiger partial charge in [-0.3, -0.25) is 0 Å². The summed E-state index contributed by atoms with van der Waals surface area (Å²) in [7, 11) is 2.21. The van der Waals surface area contributed by atoms with Gasteiger partial charge in [0.05, 0.1) is 5.52 Å². The summed E-state index contributed by atoms with van der Waals surface area (Å²) in [5.41, 5.74) is 12.3. The number of benzene rings is 1. The molecule has 0 amide bonds. The standard InChI is InChI=1S/C18H26N2/c1-4-14-8-7-9-15-16(13(2)20(3)17(14)15)18(12-19)10-5-6-11-18/h7-9H,4-6,10-12,19H2,1-3H3. The molecule has 2 nitrogen and oxygen atoms in total. The summed E-state index contributed by atoms with van der Waals surface area (Å²) >= 11 is 0. The predicted molar refractivity (Wildman–Crippen MR) is 86.2 cm³/mol. The first-order valence-electron chi connectivity index (χ1n) is 7.92. The summed E-state index contributed by atoms with van der Waals surface area (Å²) in [4.78, 5) is 0. The highest BCUT2D eigenvalue weighted by Crippen LogP contribution is 2.45. The molecule has 1 aliphatic carbocycles. The molecule has 2 aromatic rings. The Kier molecular flexibility index (Phi) is 3.37. The molecular formula is C18H26N2. The topological polar surface area (TPSA) is 30.9 Å². The Morgan fingerprint density at radius 3 is 2.55 bits per heavy atom. The highest BCUT2D eigenvalue weighted by molar-refractivity contribution is 5.89. The van der Waals surface area contributed by atoms with Crippen LogP contribution in [0, 0.1) is 6.92 Å². The third-order valence-electron chi connectivity index (χ3n) is 5.45. The molecule has 1 heterocycles. The van der Waals surface area contributed by atoms with Gasteiger partial charge in [0.25, 0.3) is 0 Å². The van der Waals surface area contributed by atoms with Gasteiger partial charge < -0.3 is 10.3 Å². The SMILES string of the molecule is CCc1cccc2c(C3(CN)CCCC3)c(C)n(C)c12. The van der Waals surface area contributed by atoms with Gasteiger partial charge in [0, 0.05) is 30.1 Å². The van der Waals surface area contributed by atoms with E-state index < -0.39 is 0 Å². The van der Waals surface area contributed by atoms with Crippen molar-refractivity contribution in [2.45, 2.75) is 51.4 Å². The van der Waals surface area contributed by atoms with Crippen LogP contribution >= 0.6 is 0 Å². The van der Waals surface area contributed by atoms with Gasteiger partial charge in [-0.2, -0.15) is 0 Å². The van der Waals surface area contributed by atoms with Crippen molar-refractivity contribution in [3.05, 3.63) is 35.0 Å². The van der Waals surface area contributed by atoms with Crippen LogP contribution in [-0.4, -0.2) is 11.1 Å². The zero-order valence-electron chi connectivity index (χ0n) is 13.0. The number of hydrogen-bond donors (Lipinski definition) is 1. The summed E-state index contributed by atoms with van der Waals surface area (Å²) in [6.07, 6.45) is 6.23. The second-order valence-electron chi connectivity index (χ2n) is 6.38. The van der Waals surface area contributed by atoms with E-state index >= 15 is 0 Å². The Balaban J connectivity index is 2.34. The second kappa shape index (κ2) is 4.92. The van der Waals surface area contributed by atoms with Crippen molar-refractivity contribution in [3.8, 4) is 0 Å². The highest BCUT2D eigenvalue weighted by Gasteiger charge is 2.38. The maximum atomic E-state index is 6.23. The molecule has 0 unspecified atom stereocenters. The van der Waals surface area contributed by atoms with Gasteiger partial charge in [-0.1, -0.05) is 38.0 Å². The number of rotatable bonds is 3. The van der Waals surface area contributed by atoms with Crippen molar-refractivity contribution < 1.29 is 0 Å². The number of nitrogens with zero attached hydrogens (tertiary/aromatic N) is 1. The van der Waals surface area contributed by atoms with Crippen molar-refractivity contribution in [1.29, 1.82) is 0 Å². The van der Waals surface area contributed by atoms with E-state index in [9.17, 15) is 0 Å². The number of nitrogens with two attached hydrogens (primary N) is 1. The molecule has 1 saturated carbocycles. The van der Waals surface area contributed by atoms with Crippen LogP contribution in [0.3, 0.4) is 0 Å². The second-order valence-corrected chi connectivity index (χ2v) is 6.38. The van der Waals surface area contributed by atoms with E-state index in [1.54, 1.807) is 0 Å². The molecule has 20 heavy (non-hydrogen) atoms. The first kappa shape index (κ1) is 13.7. The zero-order valence-corrected chi connectivity index (χ0v) is 13.0. The highest BCUT2D eigenvalue weighted by atomic mass is 15.0. The Hall–Kier alpha value is -1.28. The quantitative estimate of drug-likeness (QED) is 0.903. The van der Waals surface area contributed by atoms with Crippen molar-refractivity contribution in [3.63, 3.8) is 0 Å². The fraction of sp³-hybridized carbons (Fsp3) is 0.556. The van der Waals surface area contributed by atoms with Gasteiger partial charge in [0.2, 0.25) is 0 Å². The van der Waals surface area contributed by atoms with Gasteiger partial charge in [0.15, 0.2) is 0 Å². The number of aromatic nitrogens is 1. The van der Waals surface area contributed by atoms with Crippen LogP contribution in [0.1, 0.15) is 49.4 Å². The van der Waals surface area contributed by atoms with Crippen molar-refractivity contribution in [1.82, 2.24) is 4.57 Å². The summed E-state index contributed by atoms with van der Waals surface area (Å²) in [5.74, 6) is 0. The average molecular weight is 270 g/mol. The van der Waals surface area contributed by atoms with Crippen LogP contribution < -0.4 is 5.73 Å². The normalized spacial score (nSPS) is 18.0. The van der Waals surface area contributed by atoms with Gasteiger partial charge in [-0.15, -0.1) is 0 Å². The maximum Gasteiger partial charge on any atom is 0.0515 e. The molecule has 0 spiro atoms. The molecule has 0 atom stereocenters. The molecule has 0 aliphatic heterocycles. The van der Waals surface area contributed by atoms with Gasteiger partial charge in [0.1, 0.15) is 0 Å². The zero-order chi connectivity index (χ0) is 14.3.